The maximum Gasteiger partial charge on any atom is 0.202 e. The molecule has 1 aromatic carbocycles. The van der Waals surface area contributed by atoms with Crippen molar-refractivity contribution in [3.63, 3.8) is 0 Å². The summed E-state index contributed by atoms with van der Waals surface area (Å²) in [6, 6.07) is 8.87. The molecule has 0 heterocycles. The van der Waals surface area contributed by atoms with Crippen LogP contribution in [0.5, 0.6) is 0 Å². The zero-order chi connectivity index (χ0) is 15.0. The zero-order valence-corrected chi connectivity index (χ0v) is 13.6. The first kappa shape index (κ1) is 14.8. The molecule has 2 nitrogen and oxygen atoms in total. The molecule has 0 bridgehead atoms. The van der Waals surface area contributed by atoms with Crippen LogP contribution in [0.4, 0.5) is 0 Å². The molecule has 0 aromatic heterocycles. The minimum atomic E-state index is -3.28. The summed E-state index contributed by atoms with van der Waals surface area (Å²) >= 11 is 0. The first-order chi connectivity index (χ1) is 10.1. The molecule has 0 spiro atoms. The fraction of sp³-hybridized carbons (Fsp3) is 0.556. The average molecular weight is 304 g/mol. The molecule has 0 saturated heterocycles. The highest BCUT2D eigenvalue weighted by Gasteiger charge is 2.45. The van der Waals surface area contributed by atoms with Gasteiger partial charge >= 0.3 is 0 Å². The molecule has 2 aliphatic carbocycles. The minimum Gasteiger partial charge on any atom is -0.219 e. The summed E-state index contributed by atoms with van der Waals surface area (Å²) in [6.45, 7) is 4.47. The number of sulfone groups is 1. The molecule has 0 amide bonds. The average Bonchev–Trinajstić information content (AvgIpc) is 3.07. The maximum atomic E-state index is 12.8. The van der Waals surface area contributed by atoms with Crippen molar-refractivity contribution in [2.45, 2.75) is 44.4 Å². The second kappa shape index (κ2) is 5.60. The van der Waals surface area contributed by atoms with Crippen LogP contribution in [-0.4, -0.2) is 8.42 Å². The van der Waals surface area contributed by atoms with Gasteiger partial charge in [0.25, 0.3) is 0 Å². The zero-order valence-electron chi connectivity index (χ0n) is 12.8. The number of hydrogen-bond acceptors (Lipinski definition) is 2. The van der Waals surface area contributed by atoms with Crippen LogP contribution in [0, 0.1) is 23.7 Å². The quantitative estimate of drug-likeness (QED) is 0.824. The summed E-state index contributed by atoms with van der Waals surface area (Å²) in [5.41, 5.74) is 0. The van der Waals surface area contributed by atoms with E-state index in [0.717, 1.165) is 12.8 Å². The van der Waals surface area contributed by atoms with Crippen molar-refractivity contribution in [2.75, 3.05) is 0 Å². The molecule has 21 heavy (non-hydrogen) atoms. The maximum absolute atomic E-state index is 12.8. The second-order valence-corrected chi connectivity index (χ2v) is 8.47. The first-order valence-corrected chi connectivity index (χ1v) is 9.57. The molecule has 3 heteroatoms. The van der Waals surface area contributed by atoms with Crippen molar-refractivity contribution in [1.82, 2.24) is 0 Å². The van der Waals surface area contributed by atoms with E-state index in [-0.39, 0.29) is 0 Å². The predicted octanol–water partition coefficient (Wildman–Crippen LogP) is 4.44. The van der Waals surface area contributed by atoms with Crippen LogP contribution < -0.4 is 0 Å². The Morgan fingerprint density at radius 1 is 1.05 bits per heavy atom. The van der Waals surface area contributed by atoms with Crippen LogP contribution in [0.15, 0.2) is 46.2 Å². The van der Waals surface area contributed by atoms with Gasteiger partial charge in [0.05, 0.1) is 4.90 Å². The fourth-order valence-corrected chi connectivity index (χ4v) is 5.89. The third kappa shape index (κ3) is 2.46. The van der Waals surface area contributed by atoms with E-state index in [4.69, 9.17) is 0 Å². The Hall–Kier alpha value is -1.09. The molecular weight excluding hydrogens is 280 g/mol. The lowest BCUT2D eigenvalue weighted by molar-refractivity contribution is 0.348. The number of benzene rings is 1. The van der Waals surface area contributed by atoms with E-state index in [1.165, 1.54) is 12.8 Å². The van der Waals surface area contributed by atoms with E-state index >= 15 is 0 Å². The Morgan fingerprint density at radius 3 is 2.33 bits per heavy atom. The van der Waals surface area contributed by atoms with E-state index in [1.807, 2.05) is 6.07 Å². The van der Waals surface area contributed by atoms with Crippen molar-refractivity contribution < 1.29 is 8.42 Å². The fourth-order valence-electron chi connectivity index (χ4n) is 4.32. The largest absolute Gasteiger partial charge is 0.219 e. The number of rotatable bonds is 4. The summed E-state index contributed by atoms with van der Waals surface area (Å²) in [5, 5.41) is 0. The highest BCUT2D eigenvalue weighted by Crippen LogP contribution is 2.53. The van der Waals surface area contributed by atoms with Crippen molar-refractivity contribution in [1.29, 1.82) is 0 Å². The Morgan fingerprint density at radius 2 is 1.71 bits per heavy atom. The van der Waals surface area contributed by atoms with Gasteiger partial charge in [-0.05, 0) is 48.6 Å². The van der Waals surface area contributed by atoms with E-state index in [1.54, 1.807) is 24.3 Å². The topological polar surface area (TPSA) is 34.1 Å². The lowest BCUT2D eigenvalue weighted by atomic mass is 9.88. The van der Waals surface area contributed by atoms with Crippen LogP contribution in [0.3, 0.4) is 0 Å². The van der Waals surface area contributed by atoms with Crippen LogP contribution in [0.25, 0.3) is 0 Å². The molecule has 1 aromatic rings. The molecule has 0 radical (unpaired) electrons. The van der Waals surface area contributed by atoms with E-state index < -0.39 is 9.84 Å². The summed E-state index contributed by atoms with van der Waals surface area (Å²) in [5.74, 6) is 2.39. The number of allylic oxidation sites excluding steroid dienone is 2. The van der Waals surface area contributed by atoms with Gasteiger partial charge in [-0.3, -0.25) is 0 Å². The highest BCUT2D eigenvalue weighted by molar-refractivity contribution is 7.95. The van der Waals surface area contributed by atoms with Gasteiger partial charge in [0.15, 0.2) is 0 Å². The van der Waals surface area contributed by atoms with E-state index in [9.17, 15) is 8.42 Å². The Bertz CT molecular complexity index is 630. The lowest BCUT2D eigenvalue weighted by Gasteiger charge is -2.17. The Labute approximate surface area is 128 Å². The molecule has 114 valence electrons. The molecule has 4 atom stereocenters. The van der Waals surface area contributed by atoms with Gasteiger partial charge in [-0.15, -0.1) is 0 Å². The van der Waals surface area contributed by atoms with Crippen molar-refractivity contribution >= 4 is 9.84 Å². The van der Waals surface area contributed by atoms with Gasteiger partial charge in [0.2, 0.25) is 9.84 Å². The lowest BCUT2D eigenvalue weighted by Crippen LogP contribution is -2.11. The molecule has 1 fully saturated rings. The van der Waals surface area contributed by atoms with Crippen LogP contribution in [-0.2, 0) is 9.84 Å². The van der Waals surface area contributed by atoms with Gasteiger partial charge in [0.1, 0.15) is 0 Å². The van der Waals surface area contributed by atoms with E-state index in [2.05, 4.69) is 19.9 Å². The van der Waals surface area contributed by atoms with Gasteiger partial charge < -0.3 is 0 Å². The van der Waals surface area contributed by atoms with Crippen LogP contribution in [0.2, 0.25) is 0 Å². The minimum absolute atomic E-state index is 0.442. The highest BCUT2D eigenvalue weighted by atomic mass is 32.2. The van der Waals surface area contributed by atoms with E-state index in [0.29, 0.717) is 33.5 Å². The summed E-state index contributed by atoms with van der Waals surface area (Å²) < 4.78 is 25.6. The Balaban J connectivity index is 1.92. The van der Waals surface area contributed by atoms with Crippen LogP contribution >= 0.6 is 0 Å². The molecule has 2 aliphatic rings. The SMILES string of the molecule is CCC1CC(CC)C2CC(S(=O)(=O)c3ccccc3)=CC12. The number of fused-ring (bicyclic) bond motifs is 1. The van der Waals surface area contributed by atoms with Gasteiger partial charge in [0, 0.05) is 4.91 Å². The van der Waals surface area contributed by atoms with Gasteiger partial charge in [-0.2, -0.15) is 0 Å². The summed E-state index contributed by atoms with van der Waals surface area (Å²) in [6.07, 6.45) is 6.45. The van der Waals surface area contributed by atoms with Crippen molar-refractivity contribution in [3.05, 3.63) is 41.3 Å². The normalized spacial score (nSPS) is 32.0. The van der Waals surface area contributed by atoms with Gasteiger partial charge in [-0.1, -0.05) is 51.0 Å². The van der Waals surface area contributed by atoms with Crippen molar-refractivity contribution in [2.24, 2.45) is 23.7 Å². The monoisotopic (exact) mass is 304 g/mol. The molecule has 1 saturated carbocycles. The number of hydrogen-bond donors (Lipinski definition) is 0. The summed E-state index contributed by atoms with van der Waals surface area (Å²) in [4.78, 5) is 1.11. The van der Waals surface area contributed by atoms with Crippen molar-refractivity contribution in [3.8, 4) is 0 Å². The van der Waals surface area contributed by atoms with Crippen LogP contribution in [0.1, 0.15) is 39.5 Å². The molecule has 4 unspecified atom stereocenters. The third-order valence-electron chi connectivity index (χ3n) is 5.51. The third-order valence-corrected chi connectivity index (χ3v) is 7.40. The smallest absolute Gasteiger partial charge is 0.202 e. The molecule has 0 aliphatic heterocycles. The predicted molar refractivity (Wildman–Crippen MR) is 85.5 cm³/mol. The Kier molecular flexibility index (Phi) is 3.96. The standard InChI is InChI=1S/C18H24O2S/c1-3-13-10-14(4-2)18-12-16(11-17(13)18)21(19,20)15-8-6-5-7-9-15/h5-9,11,13-14,17-18H,3-4,10,12H2,1-2H3. The summed E-state index contributed by atoms with van der Waals surface area (Å²) in [7, 11) is -3.28. The second-order valence-electron chi connectivity index (χ2n) is 6.47. The van der Waals surface area contributed by atoms with Gasteiger partial charge in [-0.25, -0.2) is 8.42 Å². The first-order valence-electron chi connectivity index (χ1n) is 8.08. The molecule has 0 N–H and O–H groups in total. The molecule has 3 rings (SSSR count). The molecular formula is C18H24O2S.